The van der Waals surface area contributed by atoms with Crippen LogP contribution in [0.1, 0.15) is 43.0 Å². The Morgan fingerprint density at radius 3 is 1.65 bits per heavy atom. The maximum absolute atomic E-state index is 2.42. The molecule has 0 saturated heterocycles. The van der Waals surface area contributed by atoms with E-state index in [1.165, 1.54) is 94.2 Å². The first kappa shape index (κ1) is 28.3. The number of fused-ring (bicyclic) bond motifs is 6. The molecule has 1 aliphatic rings. The minimum absolute atomic E-state index is 0.154. The normalized spacial score (nSPS) is 12.1. The predicted molar refractivity (Wildman–Crippen MR) is 199 cm³/mol. The number of para-hydroxylation sites is 1. The van der Waals surface area contributed by atoms with E-state index in [2.05, 4.69) is 174 Å². The van der Waals surface area contributed by atoms with Crippen LogP contribution in [0.5, 0.6) is 0 Å². The minimum Gasteiger partial charge on any atom is -0.310 e. The summed E-state index contributed by atoms with van der Waals surface area (Å²) in [5.74, 6) is 0. The summed E-state index contributed by atoms with van der Waals surface area (Å²) in [5.41, 5.74) is 16.8. The molecule has 1 nitrogen and oxygen atoms in total. The van der Waals surface area contributed by atoms with Crippen molar-refractivity contribution in [1.82, 2.24) is 0 Å². The monoisotopic (exact) mass is 593 g/mol. The topological polar surface area (TPSA) is 3.24 Å². The average Bonchev–Trinajstić information content (AvgIpc) is 3.05. The Kier molecular flexibility index (Phi) is 6.44. The van der Waals surface area contributed by atoms with Gasteiger partial charge in [-0.05, 0) is 158 Å². The van der Waals surface area contributed by atoms with Crippen LogP contribution in [0.4, 0.5) is 17.1 Å². The van der Waals surface area contributed by atoms with Gasteiger partial charge in [-0.3, -0.25) is 0 Å². The van der Waals surface area contributed by atoms with Crippen molar-refractivity contribution in [2.45, 2.75) is 47.0 Å². The second-order valence-electron chi connectivity index (χ2n) is 14.1. The molecule has 1 aliphatic carbocycles. The van der Waals surface area contributed by atoms with Crippen LogP contribution in [0.15, 0.2) is 127 Å². The first-order valence-corrected chi connectivity index (χ1v) is 16.3. The third kappa shape index (κ3) is 4.70. The van der Waals surface area contributed by atoms with Gasteiger partial charge in [0.05, 0.1) is 0 Å². The molecule has 0 unspecified atom stereocenters. The van der Waals surface area contributed by atoms with Crippen molar-refractivity contribution in [2.24, 2.45) is 0 Å². The minimum atomic E-state index is 0.154. The molecule has 224 valence electrons. The first-order chi connectivity index (χ1) is 22.1. The zero-order chi connectivity index (χ0) is 31.7. The summed E-state index contributed by atoms with van der Waals surface area (Å²) < 4.78 is 0. The Bertz CT molecular complexity index is 2310. The van der Waals surface area contributed by atoms with Gasteiger partial charge in [0.2, 0.25) is 0 Å². The van der Waals surface area contributed by atoms with E-state index in [0.29, 0.717) is 0 Å². The number of hydrogen-bond acceptors (Lipinski definition) is 1. The molecule has 0 aromatic heterocycles. The SMILES string of the molecule is Cc1ccc(C)c(N(c2ccc3cc4c(cc3c2)-c2cc3cc(-c5ccc(C(C)(C)C)cc5)ccc3cc2-4)c2ccccc2C)c1. The fourth-order valence-corrected chi connectivity index (χ4v) is 7.08. The molecule has 0 spiro atoms. The smallest absolute Gasteiger partial charge is 0.0493 e. The van der Waals surface area contributed by atoms with Crippen molar-refractivity contribution in [3.63, 3.8) is 0 Å². The molecule has 0 heterocycles. The van der Waals surface area contributed by atoms with Gasteiger partial charge >= 0.3 is 0 Å². The Balaban J connectivity index is 1.20. The number of anilines is 3. The first-order valence-electron chi connectivity index (χ1n) is 16.3. The van der Waals surface area contributed by atoms with Gasteiger partial charge < -0.3 is 4.90 Å². The second-order valence-corrected chi connectivity index (χ2v) is 14.1. The van der Waals surface area contributed by atoms with E-state index in [4.69, 9.17) is 0 Å². The largest absolute Gasteiger partial charge is 0.310 e. The lowest BCUT2D eigenvalue weighted by atomic mass is 9.77. The number of rotatable bonds is 4. The van der Waals surface area contributed by atoms with Crippen LogP contribution in [-0.2, 0) is 5.41 Å². The lowest BCUT2D eigenvalue weighted by Crippen LogP contribution is -2.13. The Labute approximate surface area is 272 Å². The van der Waals surface area contributed by atoms with Crippen molar-refractivity contribution < 1.29 is 0 Å². The molecule has 46 heavy (non-hydrogen) atoms. The molecule has 0 atom stereocenters. The van der Waals surface area contributed by atoms with Gasteiger partial charge in [-0.1, -0.05) is 93.6 Å². The van der Waals surface area contributed by atoms with E-state index in [-0.39, 0.29) is 5.41 Å². The Morgan fingerprint density at radius 1 is 0.435 bits per heavy atom. The number of nitrogens with zero attached hydrogens (tertiary/aromatic N) is 1. The third-order valence-electron chi connectivity index (χ3n) is 9.82. The molecular weight excluding hydrogens is 555 g/mol. The quantitative estimate of drug-likeness (QED) is 0.196. The third-order valence-corrected chi connectivity index (χ3v) is 9.82. The highest BCUT2D eigenvalue weighted by Gasteiger charge is 2.25. The lowest BCUT2D eigenvalue weighted by Gasteiger charge is -2.30. The Hall–Kier alpha value is -5.14. The van der Waals surface area contributed by atoms with Crippen LogP contribution in [-0.4, -0.2) is 0 Å². The van der Waals surface area contributed by atoms with E-state index < -0.39 is 0 Å². The molecule has 0 bridgehead atoms. The number of benzene rings is 7. The van der Waals surface area contributed by atoms with Crippen LogP contribution < -0.4 is 4.90 Å². The predicted octanol–water partition coefficient (Wildman–Crippen LogP) is 13.0. The van der Waals surface area contributed by atoms with E-state index in [1.54, 1.807) is 0 Å². The molecule has 0 radical (unpaired) electrons. The molecule has 1 heteroatoms. The molecule has 0 amide bonds. The summed E-state index contributed by atoms with van der Waals surface area (Å²) >= 11 is 0. The van der Waals surface area contributed by atoms with Crippen molar-refractivity contribution in [3.8, 4) is 33.4 Å². The van der Waals surface area contributed by atoms with Gasteiger partial charge in [-0.25, -0.2) is 0 Å². The van der Waals surface area contributed by atoms with E-state index in [9.17, 15) is 0 Å². The lowest BCUT2D eigenvalue weighted by molar-refractivity contribution is 0.590. The maximum atomic E-state index is 2.42. The van der Waals surface area contributed by atoms with Crippen molar-refractivity contribution in [2.75, 3.05) is 4.90 Å². The van der Waals surface area contributed by atoms with Crippen LogP contribution in [0.2, 0.25) is 0 Å². The molecule has 8 rings (SSSR count). The van der Waals surface area contributed by atoms with Crippen LogP contribution in [0.3, 0.4) is 0 Å². The second kappa shape index (κ2) is 10.5. The summed E-state index contributed by atoms with van der Waals surface area (Å²) in [6, 6.07) is 47.9. The summed E-state index contributed by atoms with van der Waals surface area (Å²) in [7, 11) is 0. The van der Waals surface area contributed by atoms with Gasteiger partial charge in [-0.2, -0.15) is 0 Å². The molecule has 0 N–H and O–H groups in total. The highest BCUT2D eigenvalue weighted by atomic mass is 15.1. The summed E-state index contributed by atoms with van der Waals surface area (Å²) in [6.07, 6.45) is 0. The highest BCUT2D eigenvalue weighted by Crippen LogP contribution is 2.51. The van der Waals surface area contributed by atoms with Gasteiger partial charge in [-0.15, -0.1) is 0 Å². The fraction of sp³-hybridized carbons (Fsp3) is 0.156. The van der Waals surface area contributed by atoms with Gasteiger partial charge in [0.15, 0.2) is 0 Å². The molecule has 0 aliphatic heterocycles. The highest BCUT2D eigenvalue weighted by molar-refractivity contribution is 6.12. The van der Waals surface area contributed by atoms with Crippen LogP contribution in [0.25, 0.3) is 54.9 Å². The summed E-state index contributed by atoms with van der Waals surface area (Å²) in [5, 5.41) is 5.11. The maximum Gasteiger partial charge on any atom is 0.0493 e. The van der Waals surface area contributed by atoms with Crippen LogP contribution in [0, 0.1) is 20.8 Å². The van der Waals surface area contributed by atoms with E-state index in [0.717, 1.165) is 0 Å². The number of hydrogen-bond donors (Lipinski definition) is 0. The van der Waals surface area contributed by atoms with Crippen molar-refractivity contribution in [3.05, 3.63) is 150 Å². The molecule has 7 aromatic rings. The number of aryl methyl sites for hydroxylation is 3. The zero-order valence-corrected chi connectivity index (χ0v) is 27.6. The zero-order valence-electron chi connectivity index (χ0n) is 27.6. The van der Waals surface area contributed by atoms with Crippen LogP contribution >= 0.6 is 0 Å². The summed E-state index contributed by atoms with van der Waals surface area (Å²) in [4.78, 5) is 2.42. The standard InChI is InChI=1S/C45H39N/c1-28-11-12-30(3)44(21-28)46(43-10-8-7-9-29(43)2)38-20-17-34-25-40-39-24-33-14-13-32(31-15-18-37(19-16-31)45(4,5)6)22-35(33)26-41(39)42(40)27-36(34)23-38/h7-27H,1-6H3. The van der Waals surface area contributed by atoms with Crippen molar-refractivity contribution >= 4 is 38.6 Å². The van der Waals surface area contributed by atoms with Crippen molar-refractivity contribution in [1.29, 1.82) is 0 Å². The van der Waals surface area contributed by atoms with Gasteiger partial charge in [0.25, 0.3) is 0 Å². The Morgan fingerprint density at radius 2 is 1.00 bits per heavy atom. The van der Waals surface area contributed by atoms with E-state index >= 15 is 0 Å². The molecular formula is C45H39N. The molecule has 0 fully saturated rings. The van der Waals surface area contributed by atoms with Gasteiger partial charge in [0, 0.05) is 17.1 Å². The van der Waals surface area contributed by atoms with E-state index in [1.807, 2.05) is 0 Å². The molecule has 7 aromatic carbocycles. The fourth-order valence-electron chi connectivity index (χ4n) is 7.08. The summed E-state index contributed by atoms with van der Waals surface area (Å²) in [6.45, 7) is 13.4. The average molecular weight is 594 g/mol. The van der Waals surface area contributed by atoms with Gasteiger partial charge in [0.1, 0.15) is 0 Å². The molecule has 0 saturated carbocycles.